The first kappa shape index (κ1) is 16.8. The summed E-state index contributed by atoms with van der Waals surface area (Å²) >= 11 is 0. The van der Waals surface area contributed by atoms with Gasteiger partial charge in [0.1, 0.15) is 5.75 Å². The average molecular weight is 309 g/mol. The van der Waals surface area contributed by atoms with Gasteiger partial charge in [0.05, 0.1) is 13.2 Å². The van der Waals surface area contributed by atoms with E-state index in [-0.39, 0.29) is 11.9 Å². The molecule has 0 saturated heterocycles. The van der Waals surface area contributed by atoms with Crippen molar-refractivity contribution in [3.8, 4) is 5.75 Å². The summed E-state index contributed by atoms with van der Waals surface area (Å²) in [4.78, 5) is 12.1. The molecule has 3 nitrogen and oxygen atoms in total. The lowest BCUT2D eigenvalue weighted by molar-refractivity contribution is -0.117. The molecule has 0 aromatic heterocycles. The molecule has 0 fully saturated rings. The molecule has 0 saturated carbocycles. The summed E-state index contributed by atoms with van der Waals surface area (Å²) in [6.07, 6.45) is 3.44. The second-order valence-electron chi connectivity index (χ2n) is 5.65. The lowest BCUT2D eigenvalue weighted by atomic mass is 10.0. The van der Waals surface area contributed by atoms with Crippen LogP contribution in [0.5, 0.6) is 5.75 Å². The van der Waals surface area contributed by atoms with Crippen molar-refractivity contribution in [3.05, 3.63) is 70.8 Å². The molecule has 2 aromatic rings. The first-order chi connectivity index (χ1) is 11.0. The van der Waals surface area contributed by atoms with Crippen LogP contribution in [0.15, 0.2) is 48.5 Å². The van der Waals surface area contributed by atoms with Gasteiger partial charge in [-0.05, 0) is 61.2 Å². The van der Waals surface area contributed by atoms with Crippen LogP contribution in [0.4, 0.5) is 0 Å². The molecule has 1 amide bonds. The fourth-order valence-corrected chi connectivity index (χ4v) is 2.56. The zero-order valence-electron chi connectivity index (χ0n) is 14.1. The second kappa shape index (κ2) is 7.63. The van der Waals surface area contributed by atoms with Crippen LogP contribution in [-0.4, -0.2) is 13.0 Å². The summed E-state index contributed by atoms with van der Waals surface area (Å²) < 4.78 is 5.25. The maximum absolute atomic E-state index is 12.1. The van der Waals surface area contributed by atoms with Crippen molar-refractivity contribution >= 4 is 12.0 Å². The van der Waals surface area contributed by atoms with E-state index in [1.165, 1.54) is 0 Å². The minimum Gasteiger partial charge on any atom is -0.497 e. The summed E-state index contributed by atoms with van der Waals surface area (Å²) in [6.45, 7) is 6.00. The van der Waals surface area contributed by atoms with Gasteiger partial charge in [0.25, 0.3) is 0 Å². The molecule has 1 N–H and O–H groups in total. The molecule has 1 atom stereocenters. The van der Waals surface area contributed by atoms with Crippen LogP contribution in [0, 0.1) is 13.8 Å². The van der Waals surface area contributed by atoms with Crippen molar-refractivity contribution < 1.29 is 9.53 Å². The first-order valence-corrected chi connectivity index (χ1v) is 7.70. The number of methoxy groups -OCH3 is 1. The highest BCUT2D eigenvalue weighted by Gasteiger charge is 2.07. The normalized spacial score (nSPS) is 12.2. The maximum Gasteiger partial charge on any atom is 0.244 e. The van der Waals surface area contributed by atoms with E-state index in [1.54, 1.807) is 13.2 Å². The van der Waals surface area contributed by atoms with Crippen LogP contribution in [0.1, 0.15) is 35.2 Å². The Bertz CT molecular complexity index is 682. The number of hydrogen-bond donors (Lipinski definition) is 1. The smallest absolute Gasteiger partial charge is 0.244 e. The van der Waals surface area contributed by atoms with Gasteiger partial charge in [0, 0.05) is 6.08 Å². The predicted molar refractivity (Wildman–Crippen MR) is 94.5 cm³/mol. The van der Waals surface area contributed by atoms with Crippen LogP contribution in [0.25, 0.3) is 6.08 Å². The largest absolute Gasteiger partial charge is 0.497 e. The fourth-order valence-electron chi connectivity index (χ4n) is 2.56. The quantitative estimate of drug-likeness (QED) is 0.841. The van der Waals surface area contributed by atoms with Gasteiger partial charge < -0.3 is 10.1 Å². The van der Waals surface area contributed by atoms with Gasteiger partial charge in [-0.3, -0.25) is 4.79 Å². The number of benzene rings is 2. The van der Waals surface area contributed by atoms with Crippen molar-refractivity contribution in [1.29, 1.82) is 0 Å². The van der Waals surface area contributed by atoms with E-state index in [0.717, 1.165) is 28.0 Å². The molecular weight excluding hydrogens is 286 g/mol. The van der Waals surface area contributed by atoms with E-state index >= 15 is 0 Å². The van der Waals surface area contributed by atoms with Gasteiger partial charge in [-0.25, -0.2) is 0 Å². The number of carbonyl (C=O) groups excluding carboxylic acids is 1. The minimum absolute atomic E-state index is 0.0218. The average Bonchev–Trinajstić information content (AvgIpc) is 2.54. The van der Waals surface area contributed by atoms with Crippen LogP contribution in [-0.2, 0) is 4.79 Å². The monoisotopic (exact) mass is 309 g/mol. The Morgan fingerprint density at radius 3 is 2.30 bits per heavy atom. The van der Waals surface area contributed by atoms with Crippen LogP contribution in [0.2, 0.25) is 0 Å². The molecule has 23 heavy (non-hydrogen) atoms. The van der Waals surface area contributed by atoms with Crippen molar-refractivity contribution in [2.75, 3.05) is 7.11 Å². The second-order valence-corrected chi connectivity index (χ2v) is 5.65. The Morgan fingerprint density at radius 1 is 1.13 bits per heavy atom. The number of carbonyl (C=O) groups is 1. The fraction of sp³-hybridized carbons (Fsp3) is 0.250. The topological polar surface area (TPSA) is 38.3 Å². The summed E-state index contributed by atoms with van der Waals surface area (Å²) in [6, 6.07) is 13.8. The number of nitrogens with one attached hydrogen (secondary N) is 1. The van der Waals surface area contributed by atoms with Crippen molar-refractivity contribution in [3.63, 3.8) is 0 Å². The van der Waals surface area contributed by atoms with Gasteiger partial charge >= 0.3 is 0 Å². The Kier molecular flexibility index (Phi) is 5.58. The van der Waals surface area contributed by atoms with Crippen LogP contribution >= 0.6 is 0 Å². The number of amides is 1. The van der Waals surface area contributed by atoms with Crippen molar-refractivity contribution in [2.45, 2.75) is 26.8 Å². The molecule has 0 heterocycles. The van der Waals surface area contributed by atoms with Crippen LogP contribution < -0.4 is 10.1 Å². The lowest BCUT2D eigenvalue weighted by Gasteiger charge is -2.13. The molecule has 0 radical (unpaired) electrons. The van der Waals surface area contributed by atoms with Crippen molar-refractivity contribution in [2.24, 2.45) is 0 Å². The van der Waals surface area contributed by atoms with Gasteiger partial charge in [-0.2, -0.15) is 0 Å². The third-order valence-corrected chi connectivity index (χ3v) is 3.86. The maximum atomic E-state index is 12.1. The molecule has 0 bridgehead atoms. The van der Waals surface area contributed by atoms with Crippen molar-refractivity contribution in [1.82, 2.24) is 5.32 Å². The molecular formula is C20H23NO2. The molecule has 1 unspecified atom stereocenters. The molecule has 2 aromatic carbocycles. The third kappa shape index (κ3) is 4.46. The molecule has 0 aliphatic carbocycles. The number of rotatable bonds is 5. The first-order valence-electron chi connectivity index (χ1n) is 7.70. The predicted octanol–water partition coefficient (Wildman–Crippen LogP) is 4.20. The molecule has 3 heteroatoms. The summed E-state index contributed by atoms with van der Waals surface area (Å²) in [7, 11) is 1.65. The van der Waals surface area contributed by atoms with E-state index in [9.17, 15) is 4.79 Å². The lowest BCUT2D eigenvalue weighted by Crippen LogP contribution is -2.24. The Balaban J connectivity index is 2.07. The van der Waals surface area contributed by atoms with Crippen LogP contribution in [0.3, 0.4) is 0 Å². The van der Waals surface area contributed by atoms with E-state index in [2.05, 4.69) is 5.32 Å². The summed E-state index contributed by atoms with van der Waals surface area (Å²) in [5, 5.41) is 2.98. The highest BCUT2D eigenvalue weighted by atomic mass is 16.5. The highest BCUT2D eigenvalue weighted by Crippen LogP contribution is 2.22. The highest BCUT2D eigenvalue weighted by molar-refractivity contribution is 5.92. The number of hydrogen-bond acceptors (Lipinski definition) is 2. The molecule has 120 valence electrons. The number of ether oxygens (including phenoxy) is 1. The zero-order valence-corrected chi connectivity index (χ0v) is 14.1. The van der Waals surface area contributed by atoms with E-state index in [0.29, 0.717) is 0 Å². The van der Waals surface area contributed by atoms with Gasteiger partial charge in [0.2, 0.25) is 5.91 Å². The standard InChI is InChI=1S/C20H23NO2/c1-14-12-18(23-4)13-15(2)19(14)10-11-20(22)21-16(3)17-8-6-5-7-9-17/h5-13,16H,1-4H3,(H,21,22)/b11-10+. The molecule has 0 aliphatic rings. The third-order valence-electron chi connectivity index (χ3n) is 3.86. The zero-order chi connectivity index (χ0) is 16.8. The Hall–Kier alpha value is -2.55. The minimum atomic E-state index is -0.101. The van der Waals surface area contributed by atoms with Gasteiger partial charge in [0.15, 0.2) is 0 Å². The van der Waals surface area contributed by atoms with E-state index < -0.39 is 0 Å². The molecule has 2 rings (SSSR count). The summed E-state index contributed by atoms with van der Waals surface area (Å²) in [5.41, 5.74) is 4.31. The Morgan fingerprint density at radius 2 is 1.74 bits per heavy atom. The van der Waals surface area contributed by atoms with Gasteiger partial charge in [-0.1, -0.05) is 30.3 Å². The molecule has 0 spiro atoms. The molecule has 0 aliphatic heterocycles. The Labute approximate surface area is 138 Å². The number of aryl methyl sites for hydroxylation is 2. The van der Waals surface area contributed by atoms with E-state index in [1.807, 2.05) is 69.3 Å². The van der Waals surface area contributed by atoms with Gasteiger partial charge in [-0.15, -0.1) is 0 Å². The summed E-state index contributed by atoms with van der Waals surface area (Å²) in [5.74, 6) is 0.732. The van der Waals surface area contributed by atoms with E-state index in [4.69, 9.17) is 4.74 Å². The SMILES string of the molecule is COc1cc(C)c(/C=C/C(=O)NC(C)c2ccccc2)c(C)c1.